The van der Waals surface area contributed by atoms with E-state index in [0.717, 1.165) is 55.0 Å². The average Bonchev–Trinajstić information content (AvgIpc) is 3.69. The van der Waals surface area contributed by atoms with Gasteiger partial charge in [0.05, 0.1) is 17.8 Å². The summed E-state index contributed by atoms with van der Waals surface area (Å²) in [5.74, 6) is 0. The van der Waals surface area contributed by atoms with Crippen molar-refractivity contribution in [2.24, 2.45) is 0 Å². The van der Waals surface area contributed by atoms with Crippen LogP contribution >= 0.6 is 0 Å². The Morgan fingerprint density at radius 1 is 0.440 bits per heavy atom. The van der Waals surface area contributed by atoms with Crippen LogP contribution in [-0.4, -0.2) is 0 Å². The molecule has 0 fully saturated rings. The van der Waals surface area contributed by atoms with E-state index in [9.17, 15) is 5.48 Å². The highest BCUT2D eigenvalue weighted by atomic mass is 16.3. The van der Waals surface area contributed by atoms with Gasteiger partial charge in [-0.3, -0.25) is 0 Å². The number of furan rings is 1. The second-order valence-corrected chi connectivity index (χ2v) is 12.3. The zero-order valence-electron chi connectivity index (χ0n) is 39.4. The van der Waals surface area contributed by atoms with E-state index in [2.05, 4.69) is 24.3 Å². The number of rotatable bonds is 5. The molecule has 0 spiro atoms. The largest absolute Gasteiger partial charge is 0.456 e. The van der Waals surface area contributed by atoms with Crippen molar-refractivity contribution in [2.45, 2.75) is 6.42 Å². The Labute approximate surface area is 308 Å². The minimum absolute atomic E-state index is 0.00929. The summed E-state index contributed by atoms with van der Waals surface area (Å²) < 4.78 is 120. The van der Waals surface area contributed by atoms with Crippen molar-refractivity contribution in [3.63, 3.8) is 0 Å². The van der Waals surface area contributed by atoms with Crippen molar-refractivity contribution in [2.75, 3.05) is 0 Å². The molecule has 0 saturated carbocycles. The van der Waals surface area contributed by atoms with Gasteiger partial charge in [-0.15, -0.1) is 0 Å². The second-order valence-electron chi connectivity index (χ2n) is 12.3. The fourth-order valence-corrected chi connectivity index (χ4v) is 7.15. The molecule has 1 heterocycles. The molecule has 0 N–H and O–H groups in total. The Balaban J connectivity index is 1.20. The van der Waals surface area contributed by atoms with Crippen LogP contribution in [0.1, 0.15) is 28.9 Å². The number of hydrogen-bond acceptors (Lipinski definition) is 1. The SMILES string of the molecule is [2H]c1c([2H])c([2H])c(Cc2c3c([2H])c([2H])c([2H])c([2H])c3c(-c3ccc4cc(-c5ccc6oc7cccc(-c8ccccc8)c7c6c5)ccc4c3)c3c([2H])c([2H])c([2H])c([2H])c23)c([2H])c1[2H]. The quantitative estimate of drug-likeness (QED) is 0.169. The molecule has 0 aliphatic heterocycles. The maximum absolute atomic E-state index is 9.26. The Bertz CT molecular complexity index is 3520. The summed E-state index contributed by atoms with van der Waals surface area (Å²) in [4.78, 5) is 0. The van der Waals surface area contributed by atoms with Crippen molar-refractivity contribution in [1.82, 2.24) is 0 Å². The first-order chi connectivity index (χ1) is 30.2. The topological polar surface area (TPSA) is 13.1 Å². The van der Waals surface area contributed by atoms with Crippen LogP contribution in [0.3, 0.4) is 0 Å². The van der Waals surface area contributed by atoms with Gasteiger partial charge in [-0.25, -0.2) is 0 Å². The van der Waals surface area contributed by atoms with Crippen LogP contribution in [-0.2, 0) is 6.42 Å². The molecule has 0 aliphatic rings. The Morgan fingerprint density at radius 3 is 1.80 bits per heavy atom. The molecular formula is C49H32O. The summed E-state index contributed by atoms with van der Waals surface area (Å²) in [6, 6.07) is 26.6. The van der Waals surface area contributed by atoms with Crippen LogP contribution in [0.4, 0.5) is 0 Å². The Morgan fingerprint density at radius 2 is 1.06 bits per heavy atom. The van der Waals surface area contributed by atoms with Gasteiger partial charge in [-0.05, 0) is 114 Å². The smallest absolute Gasteiger partial charge is 0.136 e. The van der Waals surface area contributed by atoms with Crippen LogP contribution in [0.5, 0.6) is 0 Å². The standard InChI is InChI=1S/C49H32O/c1-3-12-32(13-4-1)28-44-40-16-7-9-18-42(40)48(43-19-10-8-17-41(43)44)38-25-24-34-29-35(22-23-36(34)30-38)37-26-27-46-45(31-37)49-39(20-11-21-47(49)50-46)33-14-5-2-6-15-33/h1-27,29-31H,28H2/i1D,3D,4D,7D,8D,9D,10D,12D,13D,16D,17D,18D,19D. The van der Waals surface area contributed by atoms with Crippen LogP contribution in [0, 0.1) is 0 Å². The summed E-state index contributed by atoms with van der Waals surface area (Å²) in [6.07, 6.45) is -0.484. The van der Waals surface area contributed by atoms with E-state index in [-0.39, 0.29) is 38.2 Å². The third-order valence-electron chi connectivity index (χ3n) is 9.43. The van der Waals surface area contributed by atoms with Crippen LogP contribution in [0.2, 0.25) is 0 Å². The van der Waals surface area contributed by atoms with E-state index >= 15 is 0 Å². The highest BCUT2D eigenvalue weighted by molar-refractivity contribution is 6.16. The van der Waals surface area contributed by atoms with Gasteiger partial charge in [0.2, 0.25) is 0 Å². The van der Waals surface area contributed by atoms with Gasteiger partial charge in [0, 0.05) is 10.8 Å². The predicted molar refractivity (Wildman–Crippen MR) is 212 cm³/mol. The third-order valence-corrected chi connectivity index (χ3v) is 9.43. The van der Waals surface area contributed by atoms with Crippen molar-refractivity contribution in [3.8, 4) is 33.4 Å². The molecule has 0 bridgehead atoms. The first-order valence-electron chi connectivity index (χ1n) is 22.7. The lowest BCUT2D eigenvalue weighted by molar-refractivity contribution is 0.669. The van der Waals surface area contributed by atoms with Crippen LogP contribution < -0.4 is 0 Å². The molecule has 50 heavy (non-hydrogen) atoms. The van der Waals surface area contributed by atoms with Gasteiger partial charge in [0.25, 0.3) is 0 Å². The number of fused-ring (bicyclic) bond motifs is 6. The van der Waals surface area contributed by atoms with E-state index < -0.39 is 85.0 Å². The highest BCUT2D eigenvalue weighted by Crippen LogP contribution is 2.42. The van der Waals surface area contributed by atoms with E-state index in [0.29, 0.717) is 5.56 Å². The first kappa shape index (κ1) is 18.4. The van der Waals surface area contributed by atoms with Crippen LogP contribution in [0.15, 0.2) is 186 Å². The molecule has 1 aromatic heterocycles. The lowest BCUT2D eigenvalue weighted by Crippen LogP contribution is -1.95. The molecule has 9 aromatic carbocycles. The molecule has 10 rings (SSSR count). The summed E-state index contributed by atoms with van der Waals surface area (Å²) in [7, 11) is 0. The minimum atomic E-state index is -0.615. The zero-order chi connectivity index (χ0) is 44.3. The molecule has 0 amide bonds. The highest BCUT2D eigenvalue weighted by Gasteiger charge is 2.17. The Kier molecular flexibility index (Phi) is 4.26. The predicted octanol–water partition coefficient (Wildman–Crippen LogP) is 13.6. The van der Waals surface area contributed by atoms with Gasteiger partial charge in [0.1, 0.15) is 11.2 Å². The van der Waals surface area contributed by atoms with Crippen molar-refractivity contribution < 1.29 is 22.2 Å². The van der Waals surface area contributed by atoms with Gasteiger partial charge < -0.3 is 4.42 Å². The van der Waals surface area contributed by atoms with Crippen molar-refractivity contribution >= 4 is 54.3 Å². The summed E-state index contributed by atoms with van der Waals surface area (Å²) in [5, 5.41) is 3.39. The molecule has 0 radical (unpaired) electrons. The molecular weight excluding hydrogens is 605 g/mol. The minimum Gasteiger partial charge on any atom is -0.456 e. The number of hydrogen-bond donors (Lipinski definition) is 0. The molecule has 1 nitrogen and oxygen atoms in total. The van der Waals surface area contributed by atoms with Gasteiger partial charge >= 0.3 is 0 Å². The van der Waals surface area contributed by atoms with E-state index in [1.165, 1.54) is 0 Å². The Hall–Kier alpha value is -6.44. The molecule has 10 aromatic rings. The molecule has 1 heteroatoms. The van der Waals surface area contributed by atoms with Crippen molar-refractivity contribution in [3.05, 3.63) is 193 Å². The van der Waals surface area contributed by atoms with Gasteiger partial charge in [-0.2, -0.15) is 0 Å². The third kappa shape index (κ3) is 4.70. The van der Waals surface area contributed by atoms with E-state index in [1.54, 1.807) is 6.07 Å². The molecule has 0 atom stereocenters. The lowest BCUT2D eigenvalue weighted by atomic mass is 9.86. The van der Waals surface area contributed by atoms with Crippen molar-refractivity contribution in [1.29, 1.82) is 0 Å². The molecule has 0 unspecified atom stereocenters. The van der Waals surface area contributed by atoms with E-state index in [4.69, 9.17) is 16.8 Å². The molecule has 0 saturated heterocycles. The maximum Gasteiger partial charge on any atom is 0.136 e. The van der Waals surface area contributed by atoms with Gasteiger partial charge in [-0.1, -0.05) is 151 Å². The summed E-state index contributed by atoms with van der Waals surface area (Å²) in [6.45, 7) is 0. The monoisotopic (exact) mass is 649 g/mol. The fourth-order valence-electron chi connectivity index (χ4n) is 7.15. The average molecular weight is 650 g/mol. The summed E-state index contributed by atoms with van der Waals surface area (Å²) >= 11 is 0. The normalized spacial score (nSPS) is 15.3. The zero-order valence-corrected chi connectivity index (χ0v) is 26.4. The lowest BCUT2D eigenvalue weighted by Gasteiger charge is -2.18. The number of benzene rings is 9. The molecule has 234 valence electrons. The van der Waals surface area contributed by atoms with Crippen LogP contribution in [0.25, 0.3) is 87.6 Å². The maximum atomic E-state index is 9.26. The fraction of sp³-hybridized carbons (Fsp3) is 0.0204. The summed E-state index contributed by atoms with van der Waals surface area (Å²) in [5.41, 5.74) is 5.95. The molecule has 0 aliphatic carbocycles. The first-order valence-corrected chi connectivity index (χ1v) is 16.2. The van der Waals surface area contributed by atoms with E-state index in [1.807, 2.05) is 72.8 Å². The van der Waals surface area contributed by atoms with Gasteiger partial charge in [0.15, 0.2) is 0 Å². The second kappa shape index (κ2) is 11.6.